The summed E-state index contributed by atoms with van der Waals surface area (Å²) < 4.78 is 13.5. The normalized spacial score (nSPS) is 24.5. The molecular formula is C14H11FN4O2. The van der Waals surface area contributed by atoms with E-state index in [-0.39, 0.29) is 29.5 Å². The average molecular weight is 286 g/mol. The lowest BCUT2D eigenvalue weighted by Crippen LogP contribution is -2.31. The number of anilines is 1. The Morgan fingerprint density at radius 1 is 1.14 bits per heavy atom. The van der Waals surface area contributed by atoms with Gasteiger partial charge in [0.25, 0.3) is 0 Å². The third-order valence-corrected chi connectivity index (χ3v) is 4.12. The number of carbonyl (C=O) groups is 2. The highest BCUT2D eigenvalue weighted by Crippen LogP contribution is 2.33. The molecule has 1 N–H and O–H groups in total. The first-order valence-electron chi connectivity index (χ1n) is 6.63. The molecule has 1 aromatic heterocycles. The molecule has 2 atom stereocenters. The van der Waals surface area contributed by atoms with Gasteiger partial charge in [0.1, 0.15) is 18.0 Å². The minimum absolute atomic E-state index is 0.239. The summed E-state index contributed by atoms with van der Waals surface area (Å²) in [5, 5.41) is 2.93. The van der Waals surface area contributed by atoms with Gasteiger partial charge in [-0.1, -0.05) is 0 Å². The van der Waals surface area contributed by atoms with E-state index in [0.717, 1.165) is 0 Å². The first-order valence-corrected chi connectivity index (χ1v) is 6.63. The van der Waals surface area contributed by atoms with Crippen LogP contribution in [0, 0.1) is 17.7 Å². The number of hydrogen-bond donors (Lipinski definition) is 1. The summed E-state index contributed by atoms with van der Waals surface area (Å²) in [6, 6.07) is 4.31. The van der Waals surface area contributed by atoms with Crippen LogP contribution in [0.1, 0.15) is 0 Å². The van der Waals surface area contributed by atoms with Crippen molar-refractivity contribution in [3.05, 3.63) is 30.3 Å². The van der Waals surface area contributed by atoms with E-state index in [0.29, 0.717) is 29.8 Å². The fourth-order valence-electron chi connectivity index (χ4n) is 3.08. The molecule has 2 unspecified atom stereocenters. The molecule has 21 heavy (non-hydrogen) atoms. The molecule has 4 rings (SSSR count). The number of nitrogens with one attached hydrogen (secondary N) is 1. The average Bonchev–Trinajstić information content (AvgIpc) is 3.01. The van der Waals surface area contributed by atoms with Gasteiger partial charge in [0.05, 0.1) is 17.4 Å². The van der Waals surface area contributed by atoms with Crippen LogP contribution in [0.5, 0.6) is 0 Å². The van der Waals surface area contributed by atoms with Crippen LogP contribution >= 0.6 is 0 Å². The number of carbonyl (C=O) groups excluding carboxylic acids is 2. The summed E-state index contributed by atoms with van der Waals surface area (Å²) >= 11 is 0. The second kappa shape index (κ2) is 4.21. The van der Waals surface area contributed by atoms with Gasteiger partial charge in [-0.25, -0.2) is 14.4 Å². The standard InChI is InChI=1S/C14H11FN4O2/c15-7-1-2-11-8(3-7)12(17-6-16-11)19-4-9-10(5-19)14(21)18-13(9)20/h1-3,6,9-10H,4-5H2,(H,18,20,21). The van der Waals surface area contributed by atoms with Crippen molar-refractivity contribution in [1.82, 2.24) is 15.3 Å². The monoisotopic (exact) mass is 286 g/mol. The number of aromatic nitrogens is 2. The molecule has 3 heterocycles. The van der Waals surface area contributed by atoms with Crippen molar-refractivity contribution in [2.75, 3.05) is 18.0 Å². The molecule has 0 saturated carbocycles. The molecule has 0 radical (unpaired) electrons. The summed E-state index contributed by atoms with van der Waals surface area (Å²) in [6.45, 7) is 0.815. The van der Waals surface area contributed by atoms with Gasteiger partial charge in [0, 0.05) is 18.5 Å². The van der Waals surface area contributed by atoms with Gasteiger partial charge in [-0.3, -0.25) is 14.9 Å². The van der Waals surface area contributed by atoms with Crippen molar-refractivity contribution >= 4 is 28.5 Å². The number of rotatable bonds is 1. The highest BCUT2D eigenvalue weighted by molar-refractivity contribution is 6.06. The zero-order valence-corrected chi connectivity index (χ0v) is 10.9. The fourth-order valence-corrected chi connectivity index (χ4v) is 3.08. The number of halogens is 1. The quantitative estimate of drug-likeness (QED) is 0.772. The van der Waals surface area contributed by atoms with Crippen LogP contribution in [0.4, 0.5) is 10.2 Å². The van der Waals surface area contributed by atoms with E-state index in [9.17, 15) is 14.0 Å². The predicted octanol–water partition coefficient (Wildman–Crippen LogP) is 0.478. The molecule has 106 valence electrons. The van der Waals surface area contributed by atoms with E-state index < -0.39 is 0 Å². The summed E-state index contributed by atoms with van der Waals surface area (Å²) in [7, 11) is 0. The topological polar surface area (TPSA) is 75.2 Å². The summed E-state index contributed by atoms with van der Waals surface area (Å²) in [5.41, 5.74) is 0.634. The Hall–Kier alpha value is -2.57. The molecule has 2 fully saturated rings. The van der Waals surface area contributed by atoms with Crippen molar-refractivity contribution in [1.29, 1.82) is 0 Å². The fraction of sp³-hybridized carbons (Fsp3) is 0.286. The van der Waals surface area contributed by atoms with Crippen LogP contribution < -0.4 is 10.2 Å². The van der Waals surface area contributed by atoms with E-state index >= 15 is 0 Å². The summed E-state index contributed by atoms with van der Waals surface area (Å²) in [4.78, 5) is 33.6. The van der Waals surface area contributed by atoms with E-state index in [2.05, 4.69) is 15.3 Å². The Bertz CT molecular complexity index is 757. The molecule has 2 aliphatic rings. The molecule has 6 nitrogen and oxygen atoms in total. The highest BCUT2D eigenvalue weighted by Gasteiger charge is 2.48. The van der Waals surface area contributed by atoms with Crippen molar-refractivity contribution in [3.63, 3.8) is 0 Å². The molecule has 2 saturated heterocycles. The lowest BCUT2D eigenvalue weighted by molar-refractivity contribution is -0.126. The Kier molecular flexibility index (Phi) is 2.44. The molecule has 2 aliphatic heterocycles. The summed E-state index contributed by atoms with van der Waals surface area (Å²) in [5.74, 6) is -0.984. The first kappa shape index (κ1) is 12.2. The van der Waals surface area contributed by atoms with Gasteiger partial charge < -0.3 is 4.90 Å². The van der Waals surface area contributed by atoms with Gasteiger partial charge in [0.15, 0.2) is 0 Å². The van der Waals surface area contributed by atoms with Crippen LogP contribution in [0.25, 0.3) is 10.9 Å². The van der Waals surface area contributed by atoms with Crippen molar-refractivity contribution in [2.45, 2.75) is 0 Å². The van der Waals surface area contributed by atoms with Crippen LogP contribution in [-0.2, 0) is 9.59 Å². The number of fused-ring (bicyclic) bond motifs is 2. The van der Waals surface area contributed by atoms with Gasteiger partial charge in [-0.15, -0.1) is 0 Å². The Morgan fingerprint density at radius 2 is 1.86 bits per heavy atom. The Labute approximate surface area is 119 Å². The van der Waals surface area contributed by atoms with E-state index in [4.69, 9.17) is 0 Å². The third kappa shape index (κ3) is 1.77. The Balaban J connectivity index is 1.77. The number of hydrogen-bond acceptors (Lipinski definition) is 5. The van der Waals surface area contributed by atoms with Crippen molar-refractivity contribution in [3.8, 4) is 0 Å². The maximum absolute atomic E-state index is 13.5. The molecule has 2 aromatic rings. The van der Waals surface area contributed by atoms with Crippen molar-refractivity contribution < 1.29 is 14.0 Å². The number of amides is 2. The molecule has 0 aliphatic carbocycles. The Morgan fingerprint density at radius 3 is 2.57 bits per heavy atom. The lowest BCUT2D eigenvalue weighted by Gasteiger charge is -2.19. The lowest BCUT2D eigenvalue weighted by atomic mass is 10.00. The zero-order chi connectivity index (χ0) is 14.6. The van der Waals surface area contributed by atoms with Gasteiger partial charge in [-0.05, 0) is 18.2 Å². The smallest absolute Gasteiger partial charge is 0.232 e. The van der Waals surface area contributed by atoms with Crippen LogP contribution in [-0.4, -0.2) is 34.9 Å². The first-order chi connectivity index (χ1) is 10.1. The third-order valence-electron chi connectivity index (χ3n) is 4.12. The van der Waals surface area contributed by atoms with Crippen molar-refractivity contribution in [2.24, 2.45) is 11.8 Å². The molecule has 1 aromatic carbocycles. The molecule has 0 bridgehead atoms. The summed E-state index contributed by atoms with van der Waals surface area (Å²) in [6.07, 6.45) is 1.41. The van der Waals surface area contributed by atoms with Crippen LogP contribution in [0.2, 0.25) is 0 Å². The van der Waals surface area contributed by atoms with Gasteiger partial charge in [-0.2, -0.15) is 0 Å². The van der Waals surface area contributed by atoms with E-state index in [1.807, 2.05) is 4.90 Å². The predicted molar refractivity (Wildman–Crippen MR) is 71.8 cm³/mol. The second-order valence-corrected chi connectivity index (χ2v) is 5.33. The number of imide groups is 1. The maximum Gasteiger partial charge on any atom is 0.232 e. The minimum Gasteiger partial charge on any atom is -0.354 e. The minimum atomic E-state index is -0.369. The van der Waals surface area contributed by atoms with E-state index in [1.54, 1.807) is 6.07 Å². The van der Waals surface area contributed by atoms with E-state index in [1.165, 1.54) is 18.5 Å². The zero-order valence-electron chi connectivity index (χ0n) is 10.9. The SMILES string of the molecule is O=C1NC(=O)C2CN(c3ncnc4ccc(F)cc34)CC12. The molecule has 2 amide bonds. The van der Waals surface area contributed by atoms with Gasteiger partial charge in [0.2, 0.25) is 11.8 Å². The number of nitrogens with zero attached hydrogens (tertiary/aromatic N) is 3. The highest BCUT2D eigenvalue weighted by atomic mass is 19.1. The maximum atomic E-state index is 13.5. The van der Waals surface area contributed by atoms with Crippen LogP contribution in [0.3, 0.4) is 0 Å². The molecular weight excluding hydrogens is 275 g/mol. The van der Waals surface area contributed by atoms with Crippen LogP contribution in [0.15, 0.2) is 24.5 Å². The van der Waals surface area contributed by atoms with Gasteiger partial charge >= 0.3 is 0 Å². The molecule has 0 spiro atoms. The number of benzene rings is 1. The molecule has 7 heteroatoms. The largest absolute Gasteiger partial charge is 0.354 e. The second-order valence-electron chi connectivity index (χ2n) is 5.33.